The summed E-state index contributed by atoms with van der Waals surface area (Å²) < 4.78 is 16.3. The van der Waals surface area contributed by atoms with E-state index in [9.17, 15) is 4.57 Å². The largest absolute Gasteiger partial charge is 0.497 e. The smallest absolute Gasteiger partial charge is 0.194 e. The van der Waals surface area contributed by atoms with Crippen molar-refractivity contribution in [2.45, 2.75) is 0 Å². The zero-order valence-electron chi connectivity index (χ0n) is 6.95. The van der Waals surface area contributed by atoms with Gasteiger partial charge in [-0.05, 0) is 35.5 Å². The Morgan fingerprint density at radius 3 is 2.17 bits per heavy atom. The van der Waals surface area contributed by atoms with Gasteiger partial charge in [0.2, 0.25) is 0 Å². The van der Waals surface area contributed by atoms with Crippen LogP contribution in [0.5, 0.6) is 5.75 Å². The van der Waals surface area contributed by atoms with Gasteiger partial charge in [0.15, 0.2) is 6.49 Å². The van der Waals surface area contributed by atoms with Gasteiger partial charge in [-0.25, -0.2) is 0 Å². The second kappa shape index (κ2) is 3.51. The van der Waals surface area contributed by atoms with Crippen LogP contribution >= 0.6 is 17.7 Å². The minimum Gasteiger partial charge on any atom is -0.497 e. The first-order valence-electron chi connectivity index (χ1n) is 3.46. The van der Waals surface area contributed by atoms with Crippen molar-refractivity contribution in [2.75, 3.05) is 13.8 Å². The number of ether oxygens (including phenoxy) is 1. The fraction of sp³-hybridized carbons (Fsp3) is 0.250. The van der Waals surface area contributed by atoms with Crippen LogP contribution in [-0.2, 0) is 4.57 Å². The van der Waals surface area contributed by atoms with E-state index in [0.29, 0.717) is 5.30 Å². The van der Waals surface area contributed by atoms with Gasteiger partial charge in [0, 0.05) is 12.0 Å². The molecule has 0 aliphatic carbocycles. The summed E-state index contributed by atoms with van der Waals surface area (Å²) in [7, 11) is 1.58. The Morgan fingerprint density at radius 2 is 1.83 bits per heavy atom. The molecule has 0 heterocycles. The zero-order chi connectivity index (χ0) is 9.19. The average molecular weight is 205 g/mol. The van der Waals surface area contributed by atoms with E-state index < -0.39 is 6.49 Å². The van der Waals surface area contributed by atoms with Crippen molar-refractivity contribution < 1.29 is 9.30 Å². The highest BCUT2D eigenvalue weighted by Gasteiger charge is 2.12. The molecular formula is C8H10ClO2P. The Bertz CT molecular complexity index is 301. The van der Waals surface area contributed by atoms with Crippen LogP contribution in [0, 0.1) is 0 Å². The molecule has 0 radical (unpaired) electrons. The molecule has 4 heteroatoms. The Balaban J connectivity index is 3.01. The maximum Gasteiger partial charge on any atom is 0.194 e. The van der Waals surface area contributed by atoms with Gasteiger partial charge in [0.25, 0.3) is 0 Å². The van der Waals surface area contributed by atoms with Crippen LogP contribution in [0.25, 0.3) is 0 Å². The summed E-state index contributed by atoms with van der Waals surface area (Å²) in [5.41, 5.74) is 0. The summed E-state index contributed by atoms with van der Waals surface area (Å²) in [5, 5.41) is 0.657. The third kappa shape index (κ3) is 2.26. The van der Waals surface area contributed by atoms with Crippen molar-refractivity contribution in [1.82, 2.24) is 0 Å². The van der Waals surface area contributed by atoms with Crippen LogP contribution in [0.15, 0.2) is 24.3 Å². The SMILES string of the molecule is COc1ccc(P(C)(=O)Cl)cc1. The van der Waals surface area contributed by atoms with Crippen LogP contribution in [0.4, 0.5) is 0 Å². The molecule has 0 N–H and O–H groups in total. The first-order chi connectivity index (χ1) is 5.54. The highest BCUT2D eigenvalue weighted by Crippen LogP contribution is 2.45. The molecule has 0 spiro atoms. The molecule has 1 rings (SSSR count). The van der Waals surface area contributed by atoms with Gasteiger partial charge in [0.05, 0.1) is 7.11 Å². The van der Waals surface area contributed by atoms with Crippen molar-refractivity contribution in [3.8, 4) is 5.75 Å². The molecule has 0 aliphatic heterocycles. The lowest BCUT2D eigenvalue weighted by atomic mass is 10.3. The van der Waals surface area contributed by atoms with Crippen molar-refractivity contribution in [3.63, 3.8) is 0 Å². The Kier molecular flexibility index (Phi) is 2.81. The summed E-state index contributed by atoms with van der Waals surface area (Å²) in [6.07, 6.45) is 0. The van der Waals surface area contributed by atoms with Gasteiger partial charge >= 0.3 is 0 Å². The average Bonchev–Trinajstić information content (AvgIpc) is 2.03. The van der Waals surface area contributed by atoms with E-state index in [1.165, 1.54) is 6.66 Å². The minimum absolute atomic E-state index is 0.657. The molecule has 1 unspecified atom stereocenters. The standard InChI is InChI=1S/C8H10ClO2P/c1-11-7-3-5-8(6-4-7)12(2,9)10/h3-6H,1-2H3. The molecule has 0 amide bonds. The second-order valence-corrected chi connectivity index (χ2v) is 6.61. The normalized spacial score (nSPS) is 15.2. The van der Waals surface area contributed by atoms with Crippen molar-refractivity contribution >= 4 is 23.0 Å². The molecule has 12 heavy (non-hydrogen) atoms. The molecular weight excluding hydrogens is 195 g/mol. The highest BCUT2D eigenvalue weighted by atomic mass is 35.7. The van der Waals surface area contributed by atoms with Gasteiger partial charge < -0.3 is 9.30 Å². The summed E-state index contributed by atoms with van der Waals surface area (Å²) in [4.78, 5) is 0. The van der Waals surface area contributed by atoms with Gasteiger partial charge in [-0.2, -0.15) is 0 Å². The van der Waals surface area contributed by atoms with Crippen LogP contribution in [0.1, 0.15) is 0 Å². The number of methoxy groups -OCH3 is 1. The van der Waals surface area contributed by atoms with E-state index in [1.807, 2.05) is 0 Å². The lowest BCUT2D eigenvalue weighted by Crippen LogP contribution is -1.98. The monoisotopic (exact) mass is 204 g/mol. The second-order valence-electron chi connectivity index (χ2n) is 2.52. The zero-order valence-corrected chi connectivity index (χ0v) is 8.60. The van der Waals surface area contributed by atoms with E-state index in [1.54, 1.807) is 31.4 Å². The number of halogens is 1. The lowest BCUT2D eigenvalue weighted by Gasteiger charge is -2.04. The van der Waals surface area contributed by atoms with Gasteiger partial charge in [-0.1, -0.05) is 0 Å². The fourth-order valence-electron chi connectivity index (χ4n) is 0.848. The van der Waals surface area contributed by atoms with Crippen molar-refractivity contribution in [2.24, 2.45) is 0 Å². The lowest BCUT2D eigenvalue weighted by molar-refractivity contribution is 0.415. The van der Waals surface area contributed by atoms with E-state index in [0.717, 1.165) is 5.75 Å². The maximum absolute atomic E-state index is 11.3. The molecule has 1 atom stereocenters. The van der Waals surface area contributed by atoms with Gasteiger partial charge in [-0.3, -0.25) is 0 Å². The summed E-state index contributed by atoms with van der Waals surface area (Å²) >= 11 is 5.67. The number of hydrogen-bond acceptors (Lipinski definition) is 2. The summed E-state index contributed by atoms with van der Waals surface area (Å²) in [6, 6.07) is 6.92. The first-order valence-corrected chi connectivity index (χ1v) is 6.52. The molecule has 66 valence electrons. The molecule has 0 fully saturated rings. The Labute approximate surface area is 76.7 Å². The topological polar surface area (TPSA) is 26.3 Å². The number of rotatable bonds is 2. The molecule has 2 nitrogen and oxygen atoms in total. The maximum atomic E-state index is 11.3. The summed E-state index contributed by atoms with van der Waals surface area (Å²) in [5.74, 6) is 0.740. The molecule has 1 aromatic carbocycles. The van der Waals surface area contributed by atoms with E-state index in [2.05, 4.69) is 0 Å². The third-order valence-electron chi connectivity index (χ3n) is 1.53. The molecule has 0 aromatic heterocycles. The molecule has 1 aromatic rings. The van der Waals surface area contributed by atoms with Gasteiger partial charge in [-0.15, -0.1) is 0 Å². The van der Waals surface area contributed by atoms with Crippen LogP contribution < -0.4 is 10.0 Å². The molecule has 0 saturated carbocycles. The van der Waals surface area contributed by atoms with Crippen LogP contribution in [-0.4, -0.2) is 13.8 Å². The predicted octanol–water partition coefficient (Wildman–Crippen LogP) is 2.47. The minimum atomic E-state index is -2.63. The summed E-state index contributed by atoms with van der Waals surface area (Å²) in [6.45, 7) is -1.11. The van der Waals surface area contributed by atoms with Crippen LogP contribution in [0.2, 0.25) is 0 Å². The fourth-order valence-corrected chi connectivity index (χ4v) is 1.87. The predicted molar refractivity (Wildman–Crippen MR) is 52.0 cm³/mol. The quantitative estimate of drug-likeness (QED) is 0.692. The van der Waals surface area contributed by atoms with Gasteiger partial charge in [0.1, 0.15) is 5.75 Å². The Morgan fingerprint density at radius 1 is 1.33 bits per heavy atom. The van der Waals surface area contributed by atoms with E-state index in [4.69, 9.17) is 16.0 Å². The van der Waals surface area contributed by atoms with Crippen molar-refractivity contribution in [1.29, 1.82) is 0 Å². The number of benzene rings is 1. The van der Waals surface area contributed by atoms with Crippen LogP contribution in [0.3, 0.4) is 0 Å². The highest BCUT2D eigenvalue weighted by molar-refractivity contribution is 7.94. The Hall–Kier alpha value is -0.460. The molecule has 0 saturated heterocycles. The first kappa shape index (κ1) is 9.63. The molecule has 0 aliphatic rings. The van der Waals surface area contributed by atoms with E-state index in [-0.39, 0.29) is 0 Å². The van der Waals surface area contributed by atoms with Crippen molar-refractivity contribution in [3.05, 3.63) is 24.3 Å². The number of hydrogen-bond donors (Lipinski definition) is 0. The van der Waals surface area contributed by atoms with E-state index >= 15 is 0 Å². The third-order valence-corrected chi connectivity index (χ3v) is 3.34. The molecule has 0 bridgehead atoms.